The van der Waals surface area contributed by atoms with Gasteiger partial charge in [0.25, 0.3) is 0 Å². The van der Waals surface area contributed by atoms with Gasteiger partial charge in [0.05, 0.1) is 11.7 Å². The van der Waals surface area contributed by atoms with Crippen molar-refractivity contribution in [3.8, 4) is 5.75 Å². The number of amides is 2. The SMILES string of the molecule is NC(N)=Nc1ccc(C[C@H](N)C(=O)N[C@@H](CCC2CCCCC2)C(=O)NCc2ccc(O)cc2)cc1. The Balaban J connectivity index is 1.59. The van der Waals surface area contributed by atoms with E-state index in [9.17, 15) is 14.7 Å². The largest absolute Gasteiger partial charge is 0.508 e. The lowest BCUT2D eigenvalue weighted by molar-refractivity contribution is -0.130. The minimum Gasteiger partial charge on any atom is -0.508 e. The summed E-state index contributed by atoms with van der Waals surface area (Å²) in [7, 11) is 0. The summed E-state index contributed by atoms with van der Waals surface area (Å²) in [5.41, 5.74) is 19.3. The molecule has 0 radical (unpaired) electrons. The normalized spacial score (nSPS) is 15.5. The number of phenols is 1. The van der Waals surface area contributed by atoms with E-state index in [2.05, 4.69) is 15.6 Å². The monoisotopic (exact) mass is 494 g/mol. The highest BCUT2D eigenvalue weighted by Gasteiger charge is 2.25. The van der Waals surface area contributed by atoms with Gasteiger partial charge >= 0.3 is 0 Å². The average Bonchev–Trinajstić information content (AvgIpc) is 2.87. The Morgan fingerprint density at radius 2 is 1.58 bits per heavy atom. The molecule has 1 aliphatic rings. The molecule has 194 valence electrons. The van der Waals surface area contributed by atoms with Gasteiger partial charge < -0.3 is 32.9 Å². The summed E-state index contributed by atoms with van der Waals surface area (Å²) in [5, 5.41) is 15.3. The van der Waals surface area contributed by atoms with Crippen molar-refractivity contribution in [2.75, 3.05) is 0 Å². The molecule has 0 aliphatic heterocycles. The van der Waals surface area contributed by atoms with Gasteiger partial charge in [-0.15, -0.1) is 0 Å². The second-order valence-electron chi connectivity index (χ2n) is 9.54. The molecule has 1 fully saturated rings. The second kappa shape index (κ2) is 13.5. The van der Waals surface area contributed by atoms with Crippen LogP contribution in [0.3, 0.4) is 0 Å². The van der Waals surface area contributed by atoms with Crippen LogP contribution in [-0.2, 0) is 22.6 Å². The first-order chi connectivity index (χ1) is 17.3. The van der Waals surface area contributed by atoms with E-state index in [-0.39, 0.29) is 23.5 Å². The van der Waals surface area contributed by atoms with Crippen molar-refractivity contribution >= 4 is 23.5 Å². The molecule has 0 saturated heterocycles. The summed E-state index contributed by atoms with van der Waals surface area (Å²) >= 11 is 0. The molecule has 3 rings (SSSR count). The maximum atomic E-state index is 13.0. The van der Waals surface area contributed by atoms with Crippen LogP contribution in [0.25, 0.3) is 0 Å². The highest BCUT2D eigenvalue weighted by atomic mass is 16.3. The Bertz CT molecular complexity index is 1010. The zero-order valence-corrected chi connectivity index (χ0v) is 20.7. The van der Waals surface area contributed by atoms with E-state index in [4.69, 9.17) is 17.2 Å². The molecular weight excluding hydrogens is 456 g/mol. The molecule has 0 bridgehead atoms. The highest BCUT2D eigenvalue weighted by Crippen LogP contribution is 2.27. The van der Waals surface area contributed by atoms with Crippen molar-refractivity contribution < 1.29 is 14.7 Å². The maximum Gasteiger partial charge on any atom is 0.242 e. The molecule has 0 unspecified atom stereocenters. The molecule has 1 aliphatic carbocycles. The smallest absolute Gasteiger partial charge is 0.242 e. The Morgan fingerprint density at radius 3 is 2.22 bits per heavy atom. The molecule has 0 heterocycles. The fourth-order valence-electron chi connectivity index (χ4n) is 4.55. The number of guanidine groups is 1. The van der Waals surface area contributed by atoms with Gasteiger partial charge in [-0.1, -0.05) is 56.4 Å². The Morgan fingerprint density at radius 1 is 0.944 bits per heavy atom. The van der Waals surface area contributed by atoms with E-state index in [0.29, 0.717) is 31.0 Å². The summed E-state index contributed by atoms with van der Waals surface area (Å²) in [6, 6.07) is 12.3. The van der Waals surface area contributed by atoms with E-state index < -0.39 is 12.1 Å². The number of carbonyl (C=O) groups is 2. The summed E-state index contributed by atoms with van der Waals surface area (Å²) in [6.07, 6.45) is 7.83. The first kappa shape index (κ1) is 27.0. The molecular formula is C27H38N6O3. The molecule has 1 saturated carbocycles. The van der Waals surface area contributed by atoms with Gasteiger partial charge in [-0.2, -0.15) is 0 Å². The van der Waals surface area contributed by atoms with E-state index >= 15 is 0 Å². The Labute approximate surface area is 212 Å². The van der Waals surface area contributed by atoms with E-state index in [0.717, 1.165) is 17.5 Å². The number of nitrogens with zero attached hydrogens (tertiary/aromatic N) is 1. The van der Waals surface area contributed by atoms with Crippen molar-refractivity contribution in [1.82, 2.24) is 10.6 Å². The third-order valence-electron chi connectivity index (χ3n) is 6.61. The zero-order chi connectivity index (χ0) is 25.9. The van der Waals surface area contributed by atoms with E-state index in [1.807, 2.05) is 12.1 Å². The fourth-order valence-corrected chi connectivity index (χ4v) is 4.55. The molecule has 9 heteroatoms. The van der Waals surface area contributed by atoms with E-state index in [1.165, 1.54) is 32.1 Å². The number of aromatic hydroxyl groups is 1. The van der Waals surface area contributed by atoms with Crippen LogP contribution in [0.15, 0.2) is 53.5 Å². The van der Waals surface area contributed by atoms with Gasteiger partial charge in [-0.25, -0.2) is 4.99 Å². The molecule has 2 aromatic rings. The van der Waals surface area contributed by atoms with Crippen molar-refractivity contribution in [2.45, 2.75) is 70.0 Å². The van der Waals surface area contributed by atoms with Crippen LogP contribution < -0.4 is 27.8 Å². The van der Waals surface area contributed by atoms with Crippen LogP contribution >= 0.6 is 0 Å². The van der Waals surface area contributed by atoms with Gasteiger partial charge in [-0.3, -0.25) is 9.59 Å². The van der Waals surface area contributed by atoms with Crippen LogP contribution in [0.1, 0.15) is 56.1 Å². The number of rotatable bonds is 11. The quantitative estimate of drug-likeness (QED) is 0.207. The molecule has 2 aromatic carbocycles. The lowest BCUT2D eigenvalue weighted by Crippen LogP contribution is -2.52. The Hall–Kier alpha value is -3.59. The summed E-state index contributed by atoms with van der Waals surface area (Å²) < 4.78 is 0. The highest BCUT2D eigenvalue weighted by molar-refractivity contribution is 5.89. The standard InChI is InChI=1S/C27H38N6O3/c28-23(16-19-6-11-21(12-7-19)32-27(29)30)25(35)33-24(15-10-18-4-2-1-3-5-18)26(36)31-17-20-8-13-22(34)14-9-20/h6-9,11-14,18,23-24,34H,1-5,10,15-17,28H2,(H,31,36)(H,33,35)(H4,29,30,32)/t23-,24-/m0/s1. The lowest BCUT2D eigenvalue weighted by Gasteiger charge is -2.25. The molecule has 2 atom stereocenters. The maximum absolute atomic E-state index is 13.0. The molecule has 0 spiro atoms. The number of benzene rings is 2. The number of hydrogen-bond acceptors (Lipinski definition) is 5. The van der Waals surface area contributed by atoms with Crippen LogP contribution in [0.4, 0.5) is 5.69 Å². The number of nitrogens with one attached hydrogen (secondary N) is 2. The van der Waals surface area contributed by atoms with Crippen LogP contribution in [0, 0.1) is 5.92 Å². The third kappa shape index (κ3) is 8.88. The number of aliphatic imine (C=N–C) groups is 1. The van der Waals surface area contributed by atoms with Crippen molar-refractivity contribution in [2.24, 2.45) is 28.1 Å². The summed E-state index contributed by atoms with van der Waals surface area (Å²) in [6.45, 7) is 0.309. The predicted octanol–water partition coefficient (Wildman–Crippen LogP) is 2.33. The van der Waals surface area contributed by atoms with Crippen molar-refractivity contribution in [1.29, 1.82) is 0 Å². The second-order valence-corrected chi connectivity index (χ2v) is 9.54. The lowest BCUT2D eigenvalue weighted by atomic mass is 9.85. The van der Waals surface area contributed by atoms with Crippen molar-refractivity contribution in [3.63, 3.8) is 0 Å². The van der Waals surface area contributed by atoms with Crippen molar-refractivity contribution in [3.05, 3.63) is 59.7 Å². The van der Waals surface area contributed by atoms with Gasteiger partial charge in [-0.05, 0) is 60.6 Å². The molecule has 9 N–H and O–H groups in total. The van der Waals surface area contributed by atoms with Crippen LogP contribution in [0.2, 0.25) is 0 Å². The van der Waals surface area contributed by atoms with E-state index in [1.54, 1.807) is 36.4 Å². The molecule has 36 heavy (non-hydrogen) atoms. The van der Waals surface area contributed by atoms with Crippen LogP contribution in [-0.4, -0.2) is 35.0 Å². The zero-order valence-electron chi connectivity index (χ0n) is 20.7. The number of phenolic OH excluding ortho intramolecular Hbond substituents is 1. The number of carbonyl (C=O) groups excluding carboxylic acids is 2. The first-order valence-electron chi connectivity index (χ1n) is 12.6. The predicted molar refractivity (Wildman–Crippen MR) is 141 cm³/mol. The molecule has 2 amide bonds. The number of hydrogen-bond donors (Lipinski definition) is 6. The number of nitrogens with two attached hydrogens (primary N) is 3. The topological polar surface area (TPSA) is 169 Å². The van der Waals surface area contributed by atoms with Gasteiger partial charge in [0, 0.05) is 6.54 Å². The fraction of sp³-hybridized carbons (Fsp3) is 0.444. The summed E-state index contributed by atoms with van der Waals surface area (Å²) in [4.78, 5) is 30.0. The molecule has 0 aromatic heterocycles. The average molecular weight is 495 g/mol. The Kier molecular flexibility index (Phi) is 10.1. The van der Waals surface area contributed by atoms with Gasteiger partial charge in [0.1, 0.15) is 11.8 Å². The molecule has 9 nitrogen and oxygen atoms in total. The third-order valence-corrected chi connectivity index (χ3v) is 6.61. The van der Waals surface area contributed by atoms with Crippen LogP contribution in [0.5, 0.6) is 5.75 Å². The summed E-state index contributed by atoms with van der Waals surface area (Å²) in [5.74, 6) is 0.127. The first-order valence-corrected chi connectivity index (χ1v) is 12.6. The minimum atomic E-state index is -0.805. The van der Waals surface area contributed by atoms with Gasteiger partial charge in [0.15, 0.2) is 5.96 Å². The van der Waals surface area contributed by atoms with Gasteiger partial charge in [0.2, 0.25) is 11.8 Å². The minimum absolute atomic E-state index is 0.0261.